The lowest BCUT2D eigenvalue weighted by Gasteiger charge is -2.24. The Hall–Kier alpha value is -2.25. The van der Waals surface area contributed by atoms with Crippen LogP contribution >= 0.6 is 11.7 Å². The first-order chi connectivity index (χ1) is 11.7. The molecule has 0 radical (unpaired) electrons. The predicted octanol–water partition coefficient (Wildman–Crippen LogP) is 2.81. The van der Waals surface area contributed by atoms with Crippen molar-refractivity contribution < 1.29 is 4.79 Å². The molecule has 0 saturated carbocycles. The van der Waals surface area contributed by atoms with Crippen molar-refractivity contribution in [3.8, 4) is 0 Å². The summed E-state index contributed by atoms with van der Waals surface area (Å²) >= 11 is 1.16. The van der Waals surface area contributed by atoms with E-state index in [-0.39, 0.29) is 5.91 Å². The maximum absolute atomic E-state index is 12.5. The first-order valence-corrected chi connectivity index (χ1v) is 8.82. The molecule has 1 amide bonds. The average Bonchev–Trinajstić information content (AvgIpc) is 3.27. The van der Waals surface area contributed by atoms with Crippen LogP contribution in [-0.2, 0) is 11.8 Å². The molecule has 7 heteroatoms. The molecule has 3 aromatic rings. The van der Waals surface area contributed by atoms with Gasteiger partial charge in [-0.15, -0.1) is 0 Å². The Balaban J connectivity index is 1.48. The number of benzene rings is 1. The molecule has 1 fully saturated rings. The molecule has 124 valence electrons. The minimum Gasteiger partial charge on any atom is -0.353 e. The van der Waals surface area contributed by atoms with Crippen molar-refractivity contribution in [3.63, 3.8) is 0 Å². The fourth-order valence-corrected chi connectivity index (χ4v) is 4.00. The van der Waals surface area contributed by atoms with Gasteiger partial charge in [-0.05, 0) is 43.7 Å². The summed E-state index contributed by atoms with van der Waals surface area (Å²) in [5.74, 6) is -0.00314. The summed E-state index contributed by atoms with van der Waals surface area (Å²) in [6, 6.07) is 10.2. The van der Waals surface area contributed by atoms with Gasteiger partial charge in [0.05, 0.1) is 30.0 Å². The van der Waals surface area contributed by atoms with E-state index in [0.29, 0.717) is 12.6 Å². The number of rotatable bonds is 4. The van der Waals surface area contributed by atoms with E-state index in [9.17, 15) is 4.79 Å². The number of fused-ring (bicyclic) bond motifs is 1. The number of likely N-dealkylation sites (tertiary alicyclic amines) is 1. The number of nitrogens with one attached hydrogen (secondary N) is 1. The molecule has 1 saturated heterocycles. The van der Waals surface area contributed by atoms with Crippen molar-refractivity contribution in [3.05, 3.63) is 42.2 Å². The summed E-state index contributed by atoms with van der Waals surface area (Å²) in [5.41, 5.74) is 3.59. The highest BCUT2D eigenvalue weighted by molar-refractivity contribution is 7.00. The summed E-state index contributed by atoms with van der Waals surface area (Å²) in [6.07, 6.45) is 4.27. The Labute approximate surface area is 144 Å². The summed E-state index contributed by atoms with van der Waals surface area (Å²) < 4.78 is 10.6. The Morgan fingerprint density at radius 1 is 1.33 bits per heavy atom. The first-order valence-electron chi connectivity index (χ1n) is 8.09. The van der Waals surface area contributed by atoms with E-state index in [2.05, 4.69) is 48.9 Å². The highest BCUT2D eigenvalue weighted by atomic mass is 32.1. The van der Waals surface area contributed by atoms with Gasteiger partial charge < -0.3 is 9.88 Å². The minimum atomic E-state index is -0.00314. The lowest BCUT2D eigenvalue weighted by Crippen LogP contribution is -2.33. The van der Waals surface area contributed by atoms with Gasteiger partial charge in [0, 0.05) is 18.9 Å². The molecule has 0 bridgehead atoms. The van der Waals surface area contributed by atoms with E-state index in [0.717, 1.165) is 47.8 Å². The molecule has 6 nitrogen and oxygen atoms in total. The van der Waals surface area contributed by atoms with E-state index in [4.69, 9.17) is 0 Å². The van der Waals surface area contributed by atoms with Crippen LogP contribution in [0.15, 0.2) is 36.5 Å². The van der Waals surface area contributed by atoms with Gasteiger partial charge in [-0.1, -0.05) is 6.07 Å². The predicted molar refractivity (Wildman–Crippen MR) is 95.0 cm³/mol. The van der Waals surface area contributed by atoms with Crippen molar-refractivity contribution in [2.24, 2.45) is 7.05 Å². The fourth-order valence-electron chi connectivity index (χ4n) is 3.45. The quantitative estimate of drug-likeness (QED) is 0.793. The molecule has 1 aliphatic heterocycles. The largest absolute Gasteiger partial charge is 0.353 e. The third-order valence-electron chi connectivity index (χ3n) is 4.60. The SMILES string of the molecule is Cn1cccc1[C@@H]1CCCN1CC(=O)Nc1cccc2nsnc12. The van der Waals surface area contributed by atoms with E-state index < -0.39 is 0 Å². The summed E-state index contributed by atoms with van der Waals surface area (Å²) in [4.78, 5) is 14.8. The zero-order valence-electron chi connectivity index (χ0n) is 13.5. The number of aromatic nitrogens is 3. The molecule has 0 spiro atoms. The average molecular weight is 341 g/mol. The van der Waals surface area contributed by atoms with Gasteiger partial charge in [0.1, 0.15) is 11.0 Å². The van der Waals surface area contributed by atoms with Gasteiger partial charge in [0.2, 0.25) is 5.91 Å². The first kappa shape index (κ1) is 15.3. The van der Waals surface area contributed by atoms with Gasteiger partial charge >= 0.3 is 0 Å². The van der Waals surface area contributed by atoms with E-state index in [1.165, 1.54) is 5.69 Å². The lowest BCUT2D eigenvalue weighted by atomic mass is 10.1. The van der Waals surface area contributed by atoms with Crippen LogP contribution < -0.4 is 5.32 Å². The highest BCUT2D eigenvalue weighted by Crippen LogP contribution is 2.31. The summed E-state index contributed by atoms with van der Waals surface area (Å²) in [6.45, 7) is 1.34. The molecule has 1 aliphatic rings. The smallest absolute Gasteiger partial charge is 0.238 e. The lowest BCUT2D eigenvalue weighted by molar-refractivity contribution is -0.117. The molecule has 1 aromatic carbocycles. The van der Waals surface area contributed by atoms with Gasteiger partial charge in [0.15, 0.2) is 0 Å². The van der Waals surface area contributed by atoms with Crippen molar-refractivity contribution in [1.29, 1.82) is 0 Å². The normalized spacial score (nSPS) is 18.3. The zero-order chi connectivity index (χ0) is 16.5. The molecule has 24 heavy (non-hydrogen) atoms. The molecule has 1 N–H and O–H groups in total. The molecule has 0 aliphatic carbocycles. The van der Waals surface area contributed by atoms with Crippen molar-refractivity contribution in [2.75, 3.05) is 18.4 Å². The number of carbonyl (C=O) groups is 1. The maximum atomic E-state index is 12.5. The van der Waals surface area contributed by atoms with Crippen LogP contribution in [0.4, 0.5) is 5.69 Å². The van der Waals surface area contributed by atoms with Crippen LogP contribution in [0.5, 0.6) is 0 Å². The number of hydrogen-bond donors (Lipinski definition) is 1. The third-order valence-corrected chi connectivity index (χ3v) is 5.14. The molecule has 2 aromatic heterocycles. The van der Waals surface area contributed by atoms with Gasteiger partial charge in [-0.25, -0.2) is 0 Å². The van der Waals surface area contributed by atoms with Crippen molar-refractivity contribution in [2.45, 2.75) is 18.9 Å². The van der Waals surface area contributed by atoms with Crippen molar-refractivity contribution in [1.82, 2.24) is 18.2 Å². The third kappa shape index (κ3) is 2.81. The maximum Gasteiger partial charge on any atom is 0.238 e. The minimum absolute atomic E-state index is 0.00314. The molecule has 3 heterocycles. The summed E-state index contributed by atoms with van der Waals surface area (Å²) in [7, 11) is 2.06. The van der Waals surface area contributed by atoms with Crippen LogP contribution in [0.3, 0.4) is 0 Å². The molecule has 1 atom stereocenters. The fraction of sp³-hybridized carbons (Fsp3) is 0.353. The van der Waals surface area contributed by atoms with Crippen LogP contribution in [0.1, 0.15) is 24.6 Å². The molecular weight excluding hydrogens is 322 g/mol. The van der Waals surface area contributed by atoms with Crippen LogP contribution in [-0.4, -0.2) is 37.2 Å². The number of anilines is 1. The van der Waals surface area contributed by atoms with E-state index >= 15 is 0 Å². The monoisotopic (exact) mass is 341 g/mol. The second kappa shape index (κ2) is 6.33. The highest BCUT2D eigenvalue weighted by Gasteiger charge is 2.29. The number of nitrogens with zero attached hydrogens (tertiary/aromatic N) is 4. The van der Waals surface area contributed by atoms with E-state index in [1.807, 2.05) is 18.2 Å². The second-order valence-corrected chi connectivity index (χ2v) is 6.69. The Kier molecular flexibility index (Phi) is 4.03. The number of aryl methyl sites for hydroxylation is 1. The molecule has 0 unspecified atom stereocenters. The number of hydrogen-bond acceptors (Lipinski definition) is 5. The van der Waals surface area contributed by atoms with Crippen LogP contribution in [0.2, 0.25) is 0 Å². The van der Waals surface area contributed by atoms with Gasteiger partial charge in [-0.2, -0.15) is 8.75 Å². The standard InChI is InChI=1S/C17H19N5OS/c1-21-9-3-7-14(21)15-8-4-10-22(15)11-16(23)18-12-5-2-6-13-17(12)20-24-19-13/h2-3,5-7,9,15H,4,8,10-11H2,1H3,(H,18,23)/t15-/m0/s1. The molecule has 4 rings (SSSR count). The van der Waals surface area contributed by atoms with Crippen LogP contribution in [0, 0.1) is 0 Å². The number of amides is 1. The summed E-state index contributed by atoms with van der Waals surface area (Å²) in [5, 5.41) is 3.00. The topological polar surface area (TPSA) is 63.1 Å². The van der Waals surface area contributed by atoms with Gasteiger partial charge in [0.25, 0.3) is 0 Å². The zero-order valence-corrected chi connectivity index (χ0v) is 14.3. The number of carbonyl (C=O) groups excluding carboxylic acids is 1. The Morgan fingerprint density at radius 3 is 3.08 bits per heavy atom. The van der Waals surface area contributed by atoms with Crippen LogP contribution in [0.25, 0.3) is 11.0 Å². The van der Waals surface area contributed by atoms with Gasteiger partial charge in [-0.3, -0.25) is 9.69 Å². The van der Waals surface area contributed by atoms with E-state index in [1.54, 1.807) is 0 Å². The Bertz CT molecular complexity index is 871. The Morgan fingerprint density at radius 2 is 2.25 bits per heavy atom. The van der Waals surface area contributed by atoms with Crippen molar-refractivity contribution >= 4 is 34.4 Å². The molecular formula is C17H19N5OS. The second-order valence-electron chi connectivity index (χ2n) is 6.16.